The first-order valence-electron chi connectivity index (χ1n) is 5.32. The minimum atomic E-state index is -0.658. The van der Waals surface area contributed by atoms with Crippen LogP contribution in [0.5, 0.6) is 0 Å². The molecular formula is C12H10F2N4. The van der Waals surface area contributed by atoms with Gasteiger partial charge >= 0.3 is 0 Å². The molecule has 6 heteroatoms. The van der Waals surface area contributed by atoms with Gasteiger partial charge in [0.15, 0.2) is 5.82 Å². The van der Waals surface area contributed by atoms with Crippen LogP contribution in [0, 0.1) is 11.6 Å². The van der Waals surface area contributed by atoms with Crippen LogP contribution >= 0.6 is 0 Å². The van der Waals surface area contributed by atoms with Crippen LogP contribution in [0.1, 0.15) is 0 Å². The molecule has 1 aromatic carbocycles. The summed E-state index contributed by atoms with van der Waals surface area (Å²) in [6.07, 6.45) is 2.91. The molecule has 0 aliphatic rings. The zero-order valence-corrected chi connectivity index (χ0v) is 9.54. The maximum Gasteiger partial charge on any atom is 0.158 e. The average Bonchev–Trinajstić information content (AvgIpc) is 2.90. The van der Waals surface area contributed by atoms with Gasteiger partial charge in [-0.05, 0) is 12.1 Å². The van der Waals surface area contributed by atoms with Gasteiger partial charge in [-0.25, -0.2) is 8.78 Å². The fraction of sp³-hybridized carbons (Fsp3) is 0.0833. The van der Waals surface area contributed by atoms with Crippen molar-refractivity contribution in [1.29, 1.82) is 0 Å². The molecule has 0 spiro atoms. The van der Waals surface area contributed by atoms with Gasteiger partial charge in [0.05, 0.1) is 17.3 Å². The normalized spacial score (nSPS) is 11.3. The number of rotatable bonds is 1. The van der Waals surface area contributed by atoms with E-state index in [0.717, 1.165) is 0 Å². The lowest BCUT2D eigenvalue weighted by molar-refractivity contribution is 0.597. The predicted octanol–water partition coefficient (Wildman–Crippen LogP) is 2.43. The second-order valence-corrected chi connectivity index (χ2v) is 4.06. The summed E-state index contributed by atoms with van der Waals surface area (Å²) in [6, 6.07) is 2.88. The van der Waals surface area contributed by atoms with E-state index in [9.17, 15) is 8.78 Å². The Bertz CT molecular complexity index is 742. The minimum absolute atomic E-state index is 0.157. The number of aromatic nitrogens is 3. The van der Waals surface area contributed by atoms with Crippen LogP contribution in [-0.2, 0) is 7.05 Å². The van der Waals surface area contributed by atoms with Gasteiger partial charge in [-0.2, -0.15) is 5.10 Å². The molecule has 0 aliphatic carbocycles. The molecule has 0 saturated heterocycles. The molecule has 0 bridgehead atoms. The third-order valence-corrected chi connectivity index (χ3v) is 2.99. The van der Waals surface area contributed by atoms with Crippen molar-refractivity contribution in [3.8, 4) is 11.1 Å². The quantitative estimate of drug-likeness (QED) is 0.694. The summed E-state index contributed by atoms with van der Waals surface area (Å²) >= 11 is 0. The number of nitrogens with two attached hydrogens (primary N) is 1. The van der Waals surface area contributed by atoms with Crippen LogP contribution in [0.25, 0.3) is 22.0 Å². The molecule has 0 saturated carbocycles. The van der Waals surface area contributed by atoms with Crippen molar-refractivity contribution >= 4 is 16.7 Å². The maximum absolute atomic E-state index is 14.3. The Kier molecular flexibility index (Phi) is 2.13. The van der Waals surface area contributed by atoms with Crippen molar-refractivity contribution in [3.05, 3.63) is 36.2 Å². The highest BCUT2D eigenvalue weighted by molar-refractivity contribution is 5.88. The highest BCUT2D eigenvalue weighted by Crippen LogP contribution is 2.33. The number of halogens is 2. The molecule has 0 amide bonds. The first-order chi connectivity index (χ1) is 8.59. The number of aryl methyl sites for hydroxylation is 1. The Morgan fingerprint density at radius 2 is 2.17 bits per heavy atom. The van der Waals surface area contributed by atoms with Gasteiger partial charge in [-0.15, -0.1) is 0 Å². The largest absolute Gasteiger partial charge is 0.383 e. The molecule has 3 N–H and O–H groups in total. The van der Waals surface area contributed by atoms with Gasteiger partial charge < -0.3 is 10.7 Å². The summed E-state index contributed by atoms with van der Waals surface area (Å²) in [5, 5.41) is 4.37. The van der Waals surface area contributed by atoms with Crippen molar-refractivity contribution in [2.75, 3.05) is 5.73 Å². The molecule has 92 valence electrons. The predicted molar refractivity (Wildman–Crippen MR) is 64.8 cm³/mol. The number of fused-ring (bicyclic) bond motifs is 1. The maximum atomic E-state index is 14.3. The van der Waals surface area contributed by atoms with E-state index in [1.165, 1.54) is 16.9 Å². The summed E-state index contributed by atoms with van der Waals surface area (Å²) in [4.78, 5) is 2.74. The second kappa shape index (κ2) is 3.56. The number of hydrogen-bond donors (Lipinski definition) is 2. The van der Waals surface area contributed by atoms with Crippen LogP contribution in [0.4, 0.5) is 14.6 Å². The highest BCUT2D eigenvalue weighted by atomic mass is 19.1. The molecule has 2 heterocycles. The number of nitrogens with zero attached hydrogens (tertiary/aromatic N) is 2. The Morgan fingerprint density at radius 1 is 1.39 bits per heavy atom. The monoisotopic (exact) mass is 248 g/mol. The van der Waals surface area contributed by atoms with E-state index < -0.39 is 11.6 Å². The van der Waals surface area contributed by atoms with Crippen LogP contribution in [0.3, 0.4) is 0 Å². The molecule has 4 nitrogen and oxygen atoms in total. The summed E-state index contributed by atoms with van der Waals surface area (Å²) in [6.45, 7) is 0. The van der Waals surface area contributed by atoms with Gasteiger partial charge in [0.1, 0.15) is 11.6 Å². The van der Waals surface area contributed by atoms with Crippen LogP contribution in [0.15, 0.2) is 24.5 Å². The van der Waals surface area contributed by atoms with Crippen LogP contribution in [-0.4, -0.2) is 14.8 Å². The Balaban J connectivity index is 2.38. The fourth-order valence-electron chi connectivity index (χ4n) is 2.02. The Labute approximate surface area is 101 Å². The van der Waals surface area contributed by atoms with E-state index in [0.29, 0.717) is 5.39 Å². The van der Waals surface area contributed by atoms with Crippen molar-refractivity contribution in [2.45, 2.75) is 0 Å². The summed E-state index contributed by atoms with van der Waals surface area (Å²) in [5.74, 6) is -1.09. The van der Waals surface area contributed by atoms with Crippen LogP contribution in [0.2, 0.25) is 0 Å². The number of H-pyrrole nitrogens is 1. The van der Waals surface area contributed by atoms with E-state index in [4.69, 9.17) is 5.73 Å². The van der Waals surface area contributed by atoms with Crippen molar-refractivity contribution < 1.29 is 8.78 Å². The number of hydrogen-bond acceptors (Lipinski definition) is 2. The smallest absolute Gasteiger partial charge is 0.158 e. The van der Waals surface area contributed by atoms with E-state index in [2.05, 4.69) is 10.1 Å². The third-order valence-electron chi connectivity index (χ3n) is 2.99. The molecule has 0 unspecified atom stereocenters. The number of anilines is 1. The summed E-state index contributed by atoms with van der Waals surface area (Å²) < 4.78 is 29.6. The molecular weight excluding hydrogens is 238 g/mol. The number of aromatic amines is 1. The van der Waals surface area contributed by atoms with Gasteiger partial charge in [-0.3, -0.25) is 4.68 Å². The summed E-state index contributed by atoms with van der Waals surface area (Å²) in [7, 11) is 1.61. The molecule has 0 atom stereocenters. The lowest BCUT2D eigenvalue weighted by Gasteiger charge is -2.05. The van der Waals surface area contributed by atoms with Gasteiger partial charge in [0.2, 0.25) is 0 Å². The Morgan fingerprint density at radius 3 is 2.83 bits per heavy atom. The summed E-state index contributed by atoms with van der Waals surface area (Å²) in [5.41, 5.74) is 6.10. The third kappa shape index (κ3) is 1.32. The minimum Gasteiger partial charge on any atom is -0.383 e. The molecule has 3 rings (SSSR count). The second-order valence-electron chi connectivity index (χ2n) is 4.06. The highest BCUT2D eigenvalue weighted by Gasteiger charge is 2.20. The zero-order chi connectivity index (χ0) is 12.9. The van der Waals surface area contributed by atoms with E-state index in [1.807, 2.05) is 0 Å². The van der Waals surface area contributed by atoms with Crippen molar-refractivity contribution in [1.82, 2.24) is 14.8 Å². The average molecular weight is 248 g/mol. The standard InChI is InChI=1S/C12H10F2N4/c1-18-12(15)7(5-17-18)9-8(13)4-6-2-3-16-11(6)10(9)14/h2-5,16H,15H2,1H3. The van der Waals surface area contributed by atoms with E-state index in [-0.39, 0.29) is 22.5 Å². The molecule has 0 aliphatic heterocycles. The van der Waals surface area contributed by atoms with Gasteiger partial charge in [0.25, 0.3) is 0 Å². The van der Waals surface area contributed by atoms with E-state index >= 15 is 0 Å². The SMILES string of the molecule is Cn1ncc(-c2c(F)cc3cc[nH]c3c2F)c1N. The lowest BCUT2D eigenvalue weighted by Crippen LogP contribution is -2.00. The molecule has 18 heavy (non-hydrogen) atoms. The van der Waals surface area contributed by atoms with Crippen molar-refractivity contribution in [2.24, 2.45) is 7.05 Å². The first-order valence-corrected chi connectivity index (χ1v) is 5.32. The molecule has 0 fully saturated rings. The topological polar surface area (TPSA) is 59.6 Å². The van der Waals surface area contributed by atoms with E-state index in [1.54, 1.807) is 19.3 Å². The lowest BCUT2D eigenvalue weighted by atomic mass is 10.1. The fourth-order valence-corrected chi connectivity index (χ4v) is 2.02. The van der Waals surface area contributed by atoms with Crippen LogP contribution < -0.4 is 5.73 Å². The van der Waals surface area contributed by atoms with Crippen molar-refractivity contribution in [3.63, 3.8) is 0 Å². The number of nitrogen functional groups attached to an aromatic ring is 1. The Hall–Kier alpha value is -2.37. The van der Waals surface area contributed by atoms with Gasteiger partial charge in [0, 0.05) is 24.2 Å². The molecule has 2 aromatic heterocycles. The van der Waals surface area contributed by atoms with Gasteiger partial charge in [-0.1, -0.05) is 0 Å². The number of benzene rings is 1. The zero-order valence-electron chi connectivity index (χ0n) is 9.54. The first kappa shape index (κ1) is 10.8. The molecule has 3 aromatic rings. The number of nitrogens with one attached hydrogen (secondary N) is 1. The molecule has 0 radical (unpaired) electrons.